The lowest BCUT2D eigenvalue weighted by Crippen LogP contribution is -2.27. The van der Waals surface area contributed by atoms with Crippen LogP contribution >= 0.6 is 0 Å². The Morgan fingerprint density at radius 3 is 2.40 bits per heavy atom. The van der Waals surface area contributed by atoms with Gasteiger partial charge in [-0.25, -0.2) is 17.2 Å². The van der Waals surface area contributed by atoms with Gasteiger partial charge in [-0.3, -0.25) is 9.71 Å². The zero-order valence-corrected chi connectivity index (χ0v) is 28.1. The van der Waals surface area contributed by atoms with Gasteiger partial charge in [0.1, 0.15) is 17.3 Å². The maximum atomic E-state index is 15.1. The van der Waals surface area contributed by atoms with E-state index in [0.717, 1.165) is 94.3 Å². The highest BCUT2D eigenvalue weighted by Gasteiger charge is 2.32. The van der Waals surface area contributed by atoms with Gasteiger partial charge in [-0.05, 0) is 113 Å². The molecule has 2 N–H and O–H groups in total. The number of aryl methyl sites for hydroxylation is 1. The lowest BCUT2D eigenvalue weighted by Gasteiger charge is -2.30. The minimum atomic E-state index is -3.73. The smallest absolute Gasteiger partial charge is 0.316 e. The van der Waals surface area contributed by atoms with Gasteiger partial charge in [-0.1, -0.05) is 19.3 Å². The fourth-order valence-electron chi connectivity index (χ4n) is 7.22. The van der Waals surface area contributed by atoms with Crippen molar-refractivity contribution in [1.29, 1.82) is 0 Å². The van der Waals surface area contributed by atoms with Gasteiger partial charge in [0, 0.05) is 28.8 Å². The van der Waals surface area contributed by atoms with Crippen molar-refractivity contribution in [3.63, 3.8) is 0 Å². The summed E-state index contributed by atoms with van der Waals surface area (Å²) < 4.78 is 93.1. The first kappa shape index (κ1) is 33.5. The molecular formula is C34H40F2N4O5S2. The average molecular weight is 687 g/mol. The highest BCUT2D eigenvalue weighted by molar-refractivity contribution is 7.92. The molecular weight excluding hydrogens is 647 g/mol. The van der Waals surface area contributed by atoms with E-state index < -0.39 is 32.2 Å². The number of hydrogen-bond donors (Lipinski definition) is 2. The number of benzene rings is 2. The quantitative estimate of drug-likeness (QED) is 0.237. The molecule has 2 aromatic carbocycles. The number of halogens is 2. The first-order chi connectivity index (χ1) is 22.6. The fraction of sp³-hybridized carbons (Fsp3) is 0.500. The third-order valence-electron chi connectivity index (χ3n) is 9.59. The zero-order chi connectivity index (χ0) is 33.1. The molecule has 1 saturated carbocycles. The number of ether oxygens (including phenoxy) is 1. The Labute approximate surface area is 276 Å². The van der Waals surface area contributed by atoms with E-state index >= 15 is 4.39 Å². The third kappa shape index (κ3) is 7.52. The predicted molar refractivity (Wildman–Crippen MR) is 178 cm³/mol. The first-order valence-electron chi connectivity index (χ1n) is 16.5. The molecule has 1 aromatic heterocycles. The second kappa shape index (κ2) is 14.4. The minimum absolute atomic E-state index is 0.00279. The van der Waals surface area contributed by atoms with E-state index in [1.807, 2.05) is 0 Å². The Morgan fingerprint density at radius 1 is 0.957 bits per heavy atom. The second-order valence-electron chi connectivity index (χ2n) is 12.6. The summed E-state index contributed by atoms with van der Waals surface area (Å²) in [6.07, 6.45) is 9.31. The van der Waals surface area contributed by atoms with Crippen LogP contribution in [0.2, 0.25) is 0 Å². The van der Waals surface area contributed by atoms with E-state index in [1.54, 1.807) is 19.1 Å². The molecule has 13 heteroatoms. The Hall–Kier alpha value is -3.42. The molecule has 0 amide bonds. The van der Waals surface area contributed by atoms with Crippen molar-refractivity contribution in [3.8, 4) is 22.6 Å². The van der Waals surface area contributed by atoms with Gasteiger partial charge >= 0.3 is 10.5 Å². The number of rotatable bonds is 9. The molecule has 1 aliphatic heterocycles. The topological polar surface area (TPSA) is 127 Å². The number of anilines is 1. The highest BCUT2D eigenvalue weighted by Crippen LogP contribution is 2.50. The summed E-state index contributed by atoms with van der Waals surface area (Å²) in [5, 5.41) is 3.33. The van der Waals surface area contributed by atoms with Crippen molar-refractivity contribution in [2.75, 3.05) is 23.6 Å². The number of sulfonamides is 1. The molecule has 0 radical (unpaired) electrons. The number of piperidine rings is 1. The summed E-state index contributed by atoms with van der Waals surface area (Å²) in [4.78, 5) is 5.07. The van der Waals surface area contributed by atoms with E-state index in [9.17, 15) is 21.2 Å². The van der Waals surface area contributed by atoms with Crippen molar-refractivity contribution in [1.82, 2.24) is 10.3 Å². The van der Waals surface area contributed by atoms with Crippen LogP contribution in [0.5, 0.6) is 11.5 Å². The largest absolute Gasteiger partial charge is 0.454 e. The zero-order valence-electron chi connectivity index (χ0n) is 26.4. The van der Waals surface area contributed by atoms with Gasteiger partial charge in [0.05, 0.1) is 17.1 Å². The minimum Gasteiger partial charge on any atom is -0.454 e. The Bertz CT molecular complexity index is 1900. The van der Waals surface area contributed by atoms with Crippen LogP contribution in [-0.2, 0) is 33.4 Å². The molecule has 47 heavy (non-hydrogen) atoms. The van der Waals surface area contributed by atoms with Crippen molar-refractivity contribution in [3.05, 3.63) is 64.5 Å². The van der Waals surface area contributed by atoms with Gasteiger partial charge in [0.2, 0.25) is 10.0 Å². The molecule has 2 fully saturated rings. The van der Waals surface area contributed by atoms with E-state index in [0.29, 0.717) is 40.9 Å². The molecule has 6 rings (SSSR count). The Morgan fingerprint density at radius 2 is 1.70 bits per heavy atom. The van der Waals surface area contributed by atoms with Crippen LogP contribution < -0.4 is 14.8 Å². The number of nitrogens with zero attached hydrogens (tertiary/aromatic N) is 2. The number of fused-ring (bicyclic) bond motifs is 1. The lowest BCUT2D eigenvalue weighted by molar-refractivity contribution is 0.433. The van der Waals surface area contributed by atoms with Crippen LogP contribution in [-0.4, -0.2) is 40.7 Å². The van der Waals surface area contributed by atoms with Crippen LogP contribution in [0.25, 0.3) is 11.1 Å². The molecule has 2 aliphatic carbocycles. The van der Waals surface area contributed by atoms with Crippen LogP contribution in [0.15, 0.2) is 34.7 Å². The van der Waals surface area contributed by atoms with Crippen LogP contribution in [0.4, 0.5) is 20.2 Å². The van der Waals surface area contributed by atoms with Gasteiger partial charge in [-0.15, -0.1) is 4.36 Å². The molecule has 1 saturated heterocycles. The van der Waals surface area contributed by atoms with Crippen LogP contribution in [0, 0.1) is 11.6 Å². The maximum Gasteiger partial charge on any atom is 0.316 e. The first-order valence-corrected chi connectivity index (χ1v) is 19.2. The van der Waals surface area contributed by atoms with E-state index in [4.69, 9.17) is 9.72 Å². The number of aromatic nitrogens is 1. The third-order valence-corrected chi connectivity index (χ3v) is 11.2. The average Bonchev–Trinajstić information content (AvgIpc) is 3.06. The lowest BCUT2D eigenvalue weighted by atomic mass is 9.81. The number of hydrogen-bond acceptors (Lipinski definition) is 8. The van der Waals surface area contributed by atoms with E-state index in [-0.39, 0.29) is 34.8 Å². The van der Waals surface area contributed by atoms with E-state index in [1.165, 1.54) is 6.07 Å². The molecule has 0 unspecified atom stereocenters. The summed E-state index contributed by atoms with van der Waals surface area (Å²) in [5.41, 5.74) is 4.44. The molecule has 0 atom stereocenters. The summed E-state index contributed by atoms with van der Waals surface area (Å²) in [7, 11) is -6.55. The van der Waals surface area contributed by atoms with Crippen molar-refractivity contribution >= 4 is 31.9 Å². The molecule has 9 nitrogen and oxygen atoms in total. The summed E-state index contributed by atoms with van der Waals surface area (Å²) in [6.45, 7) is 3.02. The summed E-state index contributed by atoms with van der Waals surface area (Å²) >= 11 is 0. The SMILES string of the molecule is CCS(=O)(=O)Nc1cc(-c2c3c(nc(C4CCCCC4)c2N=S(=O)=O)CCCC3)c(Oc2ccc(F)cc2F)cc1C1CCNCC1. The van der Waals surface area contributed by atoms with E-state index in [2.05, 4.69) is 14.4 Å². The van der Waals surface area contributed by atoms with Gasteiger partial charge in [-0.2, -0.15) is 8.42 Å². The van der Waals surface area contributed by atoms with Gasteiger partial charge < -0.3 is 10.1 Å². The predicted octanol–water partition coefficient (Wildman–Crippen LogP) is 7.67. The summed E-state index contributed by atoms with van der Waals surface area (Å²) in [6, 6.07) is 6.47. The monoisotopic (exact) mass is 686 g/mol. The molecule has 0 spiro atoms. The van der Waals surface area contributed by atoms with Crippen molar-refractivity contribution < 1.29 is 30.4 Å². The van der Waals surface area contributed by atoms with Gasteiger partial charge in [0.15, 0.2) is 11.6 Å². The van der Waals surface area contributed by atoms with Gasteiger partial charge in [0.25, 0.3) is 0 Å². The summed E-state index contributed by atoms with van der Waals surface area (Å²) in [5.74, 6) is -1.86. The van der Waals surface area contributed by atoms with Crippen molar-refractivity contribution in [2.24, 2.45) is 4.36 Å². The second-order valence-corrected chi connectivity index (χ2v) is 15.3. The Kier molecular flexibility index (Phi) is 10.2. The Balaban J connectivity index is 1.68. The van der Waals surface area contributed by atoms with Crippen LogP contribution in [0.1, 0.15) is 99.1 Å². The normalized spacial score (nSPS) is 17.6. The molecule has 252 valence electrons. The van der Waals surface area contributed by atoms with Crippen LogP contribution in [0.3, 0.4) is 0 Å². The molecule has 0 bridgehead atoms. The standard InChI is InChI=1S/C34H40F2N4O5S2/c1-2-47(43,44)40-29-19-26(31(20-25(29)21-14-16-37-17-15-21)45-30-13-12-23(35)18-27(30)36)32-24-10-6-7-11-28(24)38-33(34(32)39-46(41)42)22-8-4-3-5-9-22/h12-13,18-22,37,40H,2-11,14-17H2,1H3. The maximum absolute atomic E-state index is 15.1. The fourth-order valence-corrected chi connectivity index (χ4v) is 8.21. The molecule has 3 aromatic rings. The molecule has 3 aliphatic rings. The number of pyridine rings is 1. The van der Waals surface area contributed by atoms with Crippen molar-refractivity contribution in [2.45, 2.75) is 89.4 Å². The number of nitrogens with one attached hydrogen (secondary N) is 2. The highest BCUT2D eigenvalue weighted by atomic mass is 32.2. The molecule has 2 heterocycles.